The summed E-state index contributed by atoms with van der Waals surface area (Å²) in [7, 11) is 0. The molecule has 1 amide bonds. The number of aliphatic hydroxyl groups excluding tert-OH is 2. The highest BCUT2D eigenvalue weighted by molar-refractivity contribution is 5.77. The summed E-state index contributed by atoms with van der Waals surface area (Å²) in [5.41, 5.74) is 0. The molecule has 0 aliphatic carbocycles. The lowest BCUT2D eigenvalue weighted by molar-refractivity contribution is -0.150. The van der Waals surface area contributed by atoms with E-state index in [1.165, 1.54) is 122 Å². The third kappa shape index (κ3) is 41.8. The van der Waals surface area contributed by atoms with Crippen molar-refractivity contribution in [3.8, 4) is 0 Å². The molecule has 0 radical (unpaired) electrons. The summed E-state index contributed by atoms with van der Waals surface area (Å²) in [6.45, 7) is 6.29. The number of unbranched alkanes of at least 4 members (excludes halogenated alkanes) is 22. The van der Waals surface area contributed by atoms with E-state index in [-0.39, 0.29) is 31.3 Å². The predicted octanol–water partition coefficient (Wildman–Crippen LogP) is 14.6. The van der Waals surface area contributed by atoms with E-state index >= 15 is 0 Å². The largest absolute Gasteiger partial charge is 0.462 e. The molecule has 0 aromatic rings. The van der Waals surface area contributed by atoms with Gasteiger partial charge in [0.2, 0.25) is 5.91 Å². The average molecular weight is 824 g/mol. The Balaban J connectivity index is 4.64. The van der Waals surface area contributed by atoms with Gasteiger partial charge in [-0.15, -0.1) is 0 Å². The van der Waals surface area contributed by atoms with Crippen LogP contribution in [-0.2, 0) is 14.3 Å². The molecular weight excluding hydrogens is 731 g/mol. The van der Waals surface area contributed by atoms with Crippen LogP contribution >= 0.6 is 0 Å². The van der Waals surface area contributed by atoms with E-state index < -0.39 is 18.2 Å². The fraction of sp³-hybridized carbons (Fsp3) is 0.736. The van der Waals surface area contributed by atoms with E-state index in [1.54, 1.807) is 0 Å². The van der Waals surface area contributed by atoms with Gasteiger partial charge in [-0.2, -0.15) is 0 Å². The highest BCUT2D eigenvalue weighted by Crippen LogP contribution is 2.16. The van der Waals surface area contributed by atoms with Crippen LogP contribution in [0.2, 0.25) is 0 Å². The molecule has 3 unspecified atom stereocenters. The quantitative estimate of drug-likeness (QED) is 0.0246. The van der Waals surface area contributed by atoms with Crippen molar-refractivity contribution >= 4 is 11.9 Å². The minimum Gasteiger partial charge on any atom is -0.462 e. The van der Waals surface area contributed by atoms with Crippen molar-refractivity contribution in [3.63, 3.8) is 0 Å². The molecule has 6 heteroatoms. The van der Waals surface area contributed by atoms with E-state index in [0.29, 0.717) is 19.3 Å². The van der Waals surface area contributed by atoms with Gasteiger partial charge in [0.15, 0.2) is 0 Å². The van der Waals surface area contributed by atoms with Gasteiger partial charge < -0.3 is 20.3 Å². The molecule has 0 fully saturated rings. The van der Waals surface area contributed by atoms with Crippen LogP contribution in [0, 0.1) is 0 Å². The van der Waals surface area contributed by atoms with Crippen LogP contribution in [0.4, 0.5) is 0 Å². The lowest BCUT2D eigenvalue weighted by Crippen LogP contribution is -2.46. The second kappa shape index (κ2) is 46.4. The maximum Gasteiger partial charge on any atom is 0.306 e. The standard InChI is InChI=1S/C53H93NO5/c1-4-7-10-13-16-19-22-24-25-26-28-30-33-36-39-42-45-51(56)50(48-55)54-52(57)47-49(44-41-38-35-32-29-21-18-15-12-9-6-3)59-53(58)46-43-40-37-34-31-27-23-20-17-14-11-8-5-2/h9,12,15,18,21,27,29,31-32,35,37,40,49-51,55-56H,4-8,10-11,13-14,16-17,19-20,22-26,28,30,33-34,36,38-39,41-48H2,1-3H3,(H,54,57)/b12-9+,18-15+,29-21-,31-27-,35-32-,40-37+. The van der Waals surface area contributed by atoms with Crippen LogP contribution in [-0.4, -0.2) is 46.9 Å². The zero-order chi connectivity index (χ0) is 43.1. The molecule has 3 atom stereocenters. The summed E-state index contributed by atoms with van der Waals surface area (Å²) in [6.07, 6.45) is 58.4. The molecule has 0 aliphatic heterocycles. The molecular formula is C53H93NO5. The van der Waals surface area contributed by atoms with Gasteiger partial charge >= 0.3 is 5.97 Å². The summed E-state index contributed by atoms with van der Waals surface area (Å²) in [4.78, 5) is 26.0. The van der Waals surface area contributed by atoms with E-state index in [4.69, 9.17) is 4.74 Å². The van der Waals surface area contributed by atoms with Crippen LogP contribution in [0.3, 0.4) is 0 Å². The average Bonchev–Trinajstić information content (AvgIpc) is 3.23. The van der Waals surface area contributed by atoms with Crippen LogP contribution in [0.1, 0.15) is 226 Å². The van der Waals surface area contributed by atoms with Crippen LogP contribution in [0.5, 0.6) is 0 Å². The first-order valence-electron chi connectivity index (χ1n) is 24.7. The first-order chi connectivity index (χ1) is 29.0. The van der Waals surface area contributed by atoms with Gasteiger partial charge in [-0.1, -0.05) is 229 Å². The highest BCUT2D eigenvalue weighted by atomic mass is 16.5. The highest BCUT2D eigenvalue weighted by Gasteiger charge is 2.23. The second-order valence-electron chi connectivity index (χ2n) is 16.6. The molecule has 0 aromatic heterocycles. The molecule has 0 bridgehead atoms. The molecule has 0 aliphatic rings. The number of hydrogen-bond acceptors (Lipinski definition) is 5. The topological polar surface area (TPSA) is 95.9 Å². The van der Waals surface area contributed by atoms with E-state index in [2.05, 4.69) is 56.5 Å². The van der Waals surface area contributed by atoms with Crippen molar-refractivity contribution < 1.29 is 24.5 Å². The van der Waals surface area contributed by atoms with Gasteiger partial charge in [0.1, 0.15) is 6.10 Å². The van der Waals surface area contributed by atoms with Crippen molar-refractivity contribution in [2.24, 2.45) is 0 Å². The number of esters is 1. The number of amides is 1. The van der Waals surface area contributed by atoms with Gasteiger partial charge in [0, 0.05) is 6.42 Å². The zero-order valence-electron chi connectivity index (χ0n) is 38.6. The normalized spacial score (nSPS) is 13.9. The second-order valence-corrected chi connectivity index (χ2v) is 16.6. The van der Waals surface area contributed by atoms with Gasteiger partial charge in [0.25, 0.3) is 0 Å². The Kier molecular flexibility index (Phi) is 44.2. The maximum atomic E-state index is 13.1. The van der Waals surface area contributed by atoms with Crippen LogP contribution < -0.4 is 5.32 Å². The number of carbonyl (C=O) groups is 2. The summed E-state index contributed by atoms with van der Waals surface area (Å²) in [5, 5.41) is 23.7. The zero-order valence-corrected chi connectivity index (χ0v) is 38.6. The molecule has 3 N–H and O–H groups in total. The Hall–Kier alpha value is -2.70. The Morgan fingerprint density at radius 2 is 1.00 bits per heavy atom. The molecule has 0 saturated carbocycles. The summed E-state index contributed by atoms with van der Waals surface area (Å²) < 4.78 is 5.83. The Morgan fingerprint density at radius 3 is 1.54 bits per heavy atom. The van der Waals surface area contributed by atoms with Gasteiger partial charge in [0.05, 0.1) is 25.2 Å². The predicted molar refractivity (Wildman–Crippen MR) is 255 cm³/mol. The number of carbonyl (C=O) groups excluding carboxylic acids is 2. The lowest BCUT2D eigenvalue weighted by Gasteiger charge is -2.24. The molecule has 0 spiro atoms. The Morgan fingerprint density at radius 1 is 0.525 bits per heavy atom. The Labute approximate surface area is 364 Å². The fourth-order valence-corrected chi connectivity index (χ4v) is 7.15. The third-order valence-electron chi connectivity index (χ3n) is 10.9. The number of rotatable bonds is 43. The molecule has 0 heterocycles. The number of aliphatic hydroxyl groups is 2. The number of hydrogen-bond donors (Lipinski definition) is 3. The number of allylic oxidation sites excluding steroid dienone is 12. The van der Waals surface area contributed by atoms with Crippen molar-refractivity contribution in [3.05, 3.63) is 72.9 Å². The minimum absolute atomic E-state index is 0.00688. The van der Waals surface area contributed by atoms with Gasteiger partial charge in [-0.3, -0.25) is 9.59 Å². The van der Waals surface area contributed by atoms with Crippen molar-refractivity contribution in [2.75, 3.05) is 6.61 Å². The van der Waals surface area contributed by atoms with Crippen molar-refractivity contribution in [1.82, 2.24) is 5.32 Å². The molecule has 0 aromatic carbocycles. The Bertz CT molecular complexity index is 1110. The molecule has 0 rings (SSSR count). The maximum absolute atomic E-state index is 13.1. The molecule has 59 heavy (non-hydrogen) atoms. The van der Waals surface area contributed by atoms with Gasteiger partial charge in [-0.25, -0.2) is 0 Å². The third-order valence-corrected chi connectivity index (χ3v) is 10.9. The first kappa shape index (κ1) is 56.3. The van der Waals surface area contributed by atoms with Crippen LogP contribution in [0.15, 0.2) is 72.9 Å². The monoisotopic (exact) mass is 824 g/mol. The fourth-order valence-electron chi connectivity index (χ4n) is 7.15. The summed E-state index contributed by atoms with van der Waals surface area (Å²) in [5.74, 6) is -0.626. The van der Waals surface area contributed by atoms with E-state index in [0.717, 1.165) is 51.4 Å². The SMILES string of the molecule is CC/C=C/C=C/C=C\C=C/CCCC(CC(=O)NC(CO)C(O)CCCCCCCCCCCCCCCCCC)OC(=O)CC/C=C/C/C=C\CCCCCCCC. The van der Waals surface area contributed by atoms with Gasteiger partial charge in [-0.05, 0) is 57.8 Å². The molecule has 340 valence electrons. The number of nitrogens with one attached hydrogen (secondary N) is 1. The first-order valence-corrected chi connectivity index (χ1v) is 24.7. The summed E-state index contributed by atoms with van der Waals surface area (Å²) >= 11 is 0. The summed E-state index contributed by atoms with van der Waals surface area (Å²) in [6, 6.07) is -0.735. The minimum atomic E-state index is -0.815. The molecule has 6 nitrogen and oxygen atoms in total. The lowest BCUT2D eigenvalue weighted by atomic mass is 10.0. The van der Waals surface area contributed by atoms with E-state index in [9.17, 15) is 19.8 Å². The number of ether oxygens (including phenoxy) is 1. The smallest absolute Gasteiger partial charge is 0.306 e. The van der Waals surface area contributed by atoms with E-state index in [1.807, 2.05) is 42.5 Å². The van der Waals surface area contributed by atoms with Crippen LogP contribution in [0.25, 0.3) is 0 Å². The van der Waals surface area contributed by atoms with Crippen molar-refractivity contribution in [1.29, 1.82) is 0 Å². The van der Waals surface area contributed by atoms with Crippen molar-refractivity contribution in [2.45, 2.75) is 244 Å². The molecule has 0 saturated heterocycles.